The topological polar surface area (TPSA) is 41.1 Å². The van der Waals surface area contributed by atoms with E-state index in [1.54, 1.807) is 0 Å². The van der Waals surface area contributed by atoms with Crippen molar-refractivity contribution in [3.8, 4) is 11.3 Å². The van der Waals surface area contributed by atoms with Gasteiger partial charge in [-0.3, -0.25) is 9.97 Å². The van der Waals surface area contributed by atoms with Crippen molar-refractivity contribution in [1.29, 1.82) is 0 Å². The van der Waals surface area contributed by atoms with E-state index in [4.69, 9.17) is 4.98 Å². The molecule has 0 atom stereocenters. The van der Waals surface area contributed by atoms with Gasteiger partial charge in [0.25, 0.3) is 0 Å². The van der Waals surface area contributed by atoms with E-state index in [2.05, 4.69) is 52.5 Å². The Morgan fingerprint density at radius 1 is 1.04 bits per heavy atom. The maximum absolute atomic E-state index is 4.77. The molecule has 1 aromatic carbocycles. The monoisotopic (exact) mass is 318 g/mol. The van der Waals surface area contributed by atoms with Crippen molar-refractivity contribution in [1.82, 2.24) is 9.97 Å². The van der Waals surface area contributed by atoms with E-state index in [9.17, 15) is 0 Å². The number of pyridine rings is 2. The highest BCUT2D eigenvalue weighted by molar-refractivity contribution is 5.94. The van der Waals surface area contributed by atoms with Gasteiger partial charge < -0.3 is 10.2 Å². The van der Waals surface area contributed by atoms with Crippen LogP contribution in [0.25, 0.3) is 22.2 Å². The Morgan fingerprint density at radius 3 is 2.67 bits per heavy atom. The predicted molar refractivity (Wildman–Crippen MR) is 101 cm³/mol. The molecule has 24 heavy (non-hydrogen) atoms. The molecule has 3 aromatic rings. The number of nitrogens with zero attached hydrogens (tertiary/aromatic N) is 3. The molecule has 1 fully saturated rings. The van der Waals surface area contributed by atoms with Gasteiger partial charge in [-0.1, -0.05) is 12.1 Å². The van der Waals surface area contributed by atoms with Gasteiger partial charge in [-0.25, -0.2) is 0 Å². The van der Waals surface area contributed by atoms with Crippen LogP contribution in [0.2, 0.25) is 0 Å². The molecule has 4 heteroatoms. The molecule has 1 aliphatic heterocycles. The Kier molecular flexibility index (Phi) is 3.81. The van der Waals surface area contributed by atoms with Crippen LogP contribution < -0.4 is 10.2 Å². The Labute approximate surface area is 142 Å². The van der Waals surface area contributed by atoms with Crippen molar-refractivity contribution in [3.63, 3.8) is 0 Å². The normalized spacial score (nSPS) is 14.3. The lowest BCUT2D eigenvalue weighted by molar-refractivity contribution is 0.949. The summed E-state index contributed by atoms with van der Waals surface area (Å²) in [6, 6.07) is 12.8. The van der Waals surface area contributed by atoms with Crippen molar-refractivity contribution < 1.29 is 0 Å². The minimum atomic E-state index is 0.967. The third kappa shape index (κ3) is 2.68. The average molecular weight is 318 g/mol. The summed E-state index contributed by atoms with van der Waals surface area (Å²) in [6.07, 6.45) is 4.40. The lowest BCUT2D eigenvalue weighted by Crippen LogP contribution is -2.18. The van der Waals surface area contributed by atoms with Gasteiger partial charge in [0.05, 0.1) is 11.2 Å². The SMILES string of the molecule is CNc1ccnc(-c2ccc3c(N4CCCC4)cc(C)nc3c2)c1. The van der Waals surface area contributed by atoms with E-state index < -0.39 is 0 Å². The number of anilines is 2. The summed E-state index contributed by atoms with van der Waals surface area (Å²) >= 11 is 0. The summed E-state index contributed by atoms with van der Waals surface area (Å²) in [5.74, 6) is 0. The fourth-order valence-corrected chi connectivity index (χ4v) is 3.46. The molecule has 1 saturated heterocycles. The molecule has 1 aliphatic rings. The number of benzene rings is 1. The van der Waals surface area contributed by atoms with Crippen LogP contribution >= 0.6 is 0 Å². The molecular formula is C20H22N4. The molecule has 0 amide bonds. The van der Waals surface area contributed by atoms with Gasteiger partial charge in [-0.2, -0.15) is 0 Å². The molecule has 0 unspecified atom stereocenters. The van der Waals surface area contributed by atoms with Crippen molar-refractivity contribution in [2.75, 3.05) is 30.4 Å². The lowest BCUT2D eigenvalue weighted by Gasteiger charge is -2.20. The van der Waals surface area contributed by atoms with Crippen LogP contribution in [-0.2, 0) is 0 Å². The zero-order chi connectivity index (χ0) is 16.5. The molecule has 0 bridgehead atoms. The fraction of sp³-hybridized carbons (Fsp3) is 0.300. The van der Waals surface area contributed by atoms with Crippen molar-refractivity contribution in [2.24, 2.45) is 0 Å². The van der Waals surface area contributed by atoms with Crippen molar-refractivity contribution in [3.05, 3.63) is 48.3 Å². The molecule has 2 aromatic heterocycles. The fourth-order valence-electron chi connectivity index (χ4n) is 3.46. The molecule has 4 rings (SSSR count). The standard InChI is InChI=1S/C20H22N4/c1-14-11-20(24-9-3-4-10-24)17-6-5-15(12-19(17)23-14)18-13-16(21-2)7-8-22-18/h5-8,11-13H,3-4,9-10H2,1-2H3,(H,21,22). The molecule has 0 saturated carbocycles. The molecule has 0 spiro atoms. The highest BCUT2D eigenvalue weighted by Gasteiger charge is 2.16. The number of hydrogen-bond acceptors (Lipinski definition) is 4. The van der Waals surface area contributed by atoms with E-state index in [1.807, 2.05) is 19.3 Å². The van der Waals surface area contributed by atoms with Crippen LogP contribution in [0.1, 0.15) is 18.5 Å². The third-order valence-corrected chi connectivity index (χ3v) is 4.71. The second-order valence-corrected chi connectivity index (χ2v) is 6.39. The lowest BCUT2D eigenvalue weighted by atomic mass is 10.1. The number of nitrogens with one attached hydrogen (secondary N) is 1. The van der Waals surface area contributed by atoms with Crippen LogP contribution in [-0.4, -0.2) is 30.1 Å². The summed E-state index contributed by atoms with van der Waals surface area (Å²) in [5, 5.41) is 4.40. The van der Waals surface area contributed by atoms with Gasteiger partial charge in [0, 0.05) is 54.4 Å². The maximum atomic E-state index is 4.77. The first kappa shape index (κ1) is 14.9. The van der Waals surface area contributed by atoms with Crippen molar-refractivity contribution >= 4 is 22.3 Å². The smallest absolute Gasteiger partial charge is 0.0732 e. The molecule has 1 N–H and O–H groups in total. The van der Waals surface area contributed by atoms with Crippen LogP contribution in [0.15, 0.2) is 42.6 Å². The van der Waals surface area contributed by atoms with Crippen LogP contribution in [0, 0.1) is 6.92 Å². The van der Waals surface area contributed by atoms with E-state index in [0.29, 0.717) is 0 Å². The van der Waals surface area contributed by atoms with Crippen LogP contribution in [0.3, 0.4) is 0 Å². The van der Waals surface area contributed by atoms with E-state index in [-0.39, 0.29) is 0 Å². The van der Waals surface area contributed by atoms with Gasteiger partial charge in [0.2, 0.25) is 0 Å². The first-order valence-electron chi connectivity index (χ1n) is 8.55. The molecule has 0 radical (unpaired) electrons. The van der Waals surface area contributed by atoms with E-state index in [0.717, 1.165) is 41.2 Å². The first-order valence-corrected chi connectivity index (χ1v) is 8.55. The average Bonchev–Trinajstić information content (AvgIpc) is 3.15. The summed E-state index contributed by atoms with van der Waals surface area (Å²) in [6.45, 7) is 4.36. The Morgan fingerprint density at radius 2 is 1.88 bits per heavy atom. The van der Waals surface area contributed by atoms with Gasteiger partial charge in [-0.15, -0.1) is 0 Å². The Hall–Kier alpha value is -2.62. The maximum Gasteiger partial charge on any atom is 0.0732 e. The van der Waals surface area contributed by atoms with Crippen LogP contribution in [0.4, 0.5) is 11.4 Å². The molecule has 0 aliphatic carbocycles. The molecule has 4 nitrogen and oxygen atoms in total. The Balaban J connectivity index is 1.83. The number of aryl methyl sites for hydroxylation is 1. The number of hydrogen-bond donors (Lipinski definition) is 1. The summed E-state index contributed by atoms with van der Waals surface area (Å²) in [7, 11) is 1.92. The highest BCUT2D eigenvalue weighted by Crippen LogP contribution is 2.32. The summed E-state index contributed by atoms with van der Waals surface area (Å²) in [4.78, 5) is 11.8. The van der Waals surface area contributed by atoms with Gasteiger partial charge in [0.15, 0.2) is 0 Å². The van der Waals surface area contributed by atoms with E-state index in [1.165, 1.54) is 23.9 Å². The third-order valence-electron chi connectivity index (χ3n) is 4.71. The molecule has 3 heterocycles. The molecule has 122 valence electrons. The number of aromatic nitrogens is 2. The zero-order valence-electron chi connectivity index (χ0n) is 14.2. The largest absolute Gasteiger partial charge is 0.388 e. The zero-order valence-corrected chi connectivity index (χ0v) is 14.2. The second-order valence-electron chi connectivity index (χ2n) is 6.39. The van der Waals surface area contributed by atoms with Crippen LogP contribution in [0.5, 0.6) is 0 Å². The summed E-state index contributed by atoms with van der Waals surface area (Å²) < 4.78 is 0. The first-order chi connectivity index (χ1) is 11.7. The van der Waals surface area contributed by atoms with Gasteiger partial charge >= 0.3 is 0 Å². The Bertz CT molecular complexity index is 882. The predicted octanol–water partition coefficient (Wildman–Crippen LogP) is 4.25. The van der Waals surface area contributed by atoms with E-state index >= 15 is 0 Å². The molecular weight excluding hydrogens is 296 g/mol. The number of fused-ring (bicyclic) bond motifs is 1. The van der Waals surface area contributed by atoms with Crippen molar-refractivity contribution in [2.45, 2.75) is 19.8 Å². The highest BCUT2D eigenvalue weighted by atomic mass is 15.1. The quantitative estimate of drug-likeness (QED) is 0.784. The minimum absolute atomic E-state index is 0.967. The van der Waals surface area contributed by atoms with Gasteiger partial charge in [0.1, 0.15) is 0 Å². The number of rotatable bonds is 3. The second kappa shape index (κ2) is 6.11. The van der Waals surface area contributed by atoms with Gasteiger partial charge in [-0.05, 0) is 44.0 Å². The summed E-state index contributed by atoms with van der Waals surface area (Å²) in [5.41, 5.74) is 6.57. The minimum Gasteiger partial charge on any atom is -0.388 e.